The van der Waals surface area contributed by atoms with E-state index in [4.69, 9.17) is 15.9 Å². The first kappa shape index (κ1) is 31.2. The molecule has 1 unspecified atom stereocenters. The lowest BCUT2D eigenvalue weighted by atomic mass is 10.1. The van der Waals surface area contributed by atoms with E-state index in [9.17, 15) is 9.59 Å². The number of carbonyl (C=O) groups is 2. The average Bonchev–Trinajstić information content (AvgIpc) is 2.88. The molecule has 0 saturated heterocycles. The van der Waals surface area contributed by atoms with Gasteiger partial charge in [0.25, 0.3) is 0 Å². The highest BCUT2D eigenvalue weighted by molar-refractivity contribution is 5.82. The Kier molecular flexibility index (Phi) is 19.0. The standard InChI is InChI=1S/C14H20N2O3.C12H17N.CH4O/c15-13(9-11-5-2-1-3-6-11)14(19)16-12(10-18)7-4-8-17;1-3-10-13(2)11-9-12-7-5-4-6-8-12;1-2/h1-3,5-6,8,12-13,18H,4,7,9-10,15H2,(H,16,19);3-8H,1,9-11H2,2H3;2H,1H3/t12?,13-;;/m1../s1. The highest BCUT2D eigenvalue weighted by Crippen LogP contribution is 2.03. The van der Waals surface area contributed by atoms with Crippen LogP contribution in [-0.2, 0) is 22.4 Å². The molecule has 0 radical (unpaired) electrons. The Morgan fingerprint density at radius 1 is 1.09 bits per heavy atom. The third-order valence-electron chi connectivity index (χ3n) is 4.90. The second-order valence-electron chi connectivity index (χ2n) is 7.71. The molecule has 2 aromatic rings. The Hall–Kier alpha value is -2.84. The van der Waals surface area contributed by atoms with Crippen LogP contribution in [-0.4, -0.2) is 73.2 Å². The molecule has 5 N–H and O–H groups in total. The van der Waals surface area contributed by atoms with Crippen LogP contribution in [0.15, 0.2) is 73.3 Å². The van der Waals surface area contributed by atoms with Crippen LogP contribution in [0, 0.1) is 0 Å². The van der Waals surface area contributed by atoms with E-state index < -0.39 is 12.1 Å². The first-order chi connectivity index (χ1) is 16.5. The number of benzene rings is 2. The fourth-order valence-electron chi connectivity index (χ4n) is 3.02. The summed E-state index contributed by atoms with van der Waals surface area (Å²) in [6, 6.07) is 19.0. The summed E-state index contributed by atoms with van der Waals surface area (Å²) in [5.74, 6) is -0.311. The topological polar surface area (TPSA) is 116 Å². The second kappa shape index (κ2) is 20.7. The molecular weight excluding hydrogens is 430 g/mol. The molecule has 0 aromatic heterocycles. The molecule has 0 aliphatic heterocycles. The van der Waals surface area contributed by atoms with Crippen molar-refractivity contribution in [2.24, 2.45) is 5.73 Å². The Balaban J connectivity index is 0.000000633. The van der Waals surface area contributed by atoms with Gasteiger partial charge >= 0.3 is 0 Å². The number of hydrogen-bond acceptors (Lipinski definition) is 6. The Bertz CT molecular complexity index is 772. The molecule has 0 aliphatic carbocycles. The first-order valence-corrected chi connectivity index (χ1v) is 11.4. The smallest absolute Gasteiger partial charge is 0.237 e. The van der Waals surface area contributed by atoms with Gasteiger partial charge < -0.3 is 31.0 Å². The zero-order chi connectivity index (χ0) is 25.6. The van der Waals surface area contributed by atoms with Gasteiger partial charge in [-0.25, -0.2) is 0 Å². The molecule has 0 heterocycles. The van der Waals surface area contributed by atoms with Gasteiger partial charge in [-0.1, -0.05) is 66.7 Å². The van der Waals surface area contributed by atoms with Crippen molar-refractivity contribution < 1.29 is 19.8 Å². The van der Waals surface area contributed by atoms with Gasteiger partial charge in [0, 0.05) is 26.6 Å². The molecular formula is C27H41N3O4. The SMILES string of the molecule is C=CCN(C)CCc1ccccc1.CO.N[C@H](Cc1ccccc1)C(=O)NC(CO)CCC=O. The molecule has 34 heavy (non-hydrogen) atoms. The minimum absolute atomic E-state index is 0.197. The van der Waals surface area contributed by atoms with Gasteiger partial charge in [0.15, 0.2) is 0 Å². The molecule has 188 valence electrons. The number of amides is 1. The predicted octanol–water partition coefficient (Wildman–Crippen LogP) is 1.97. The summed E-state index contributed by atoms with van der Waals surface area (Å²) in [6.07, 6.45) is 4.98. The average molecular weight is 472 g/mol. The van der Waals surface area contributed by atoms with Gasteiger partial charge in [0.1, 0.15) is 6.29 Å². The predicted molar refractivity (Wildman–Crippen MR) is 138 cm³/mol. The lowest BCUT2D eigenvalue weighted by Gasteiger charge is -2.18. The van der Waals surface area contributed by atoms with Gasteiger partial charge in [-0.2, -0.15) is 0 Å². The molecule has 0 bridgehead atoms. The highest BCUT2D eigenvalue weighted by atomic mass is 16.3. The van der Waals surface area contributed by atoms with E-state index >= 15 is 0 Å². The van der Waals surface area contributed by atoms with E-state index in [2.05, 4.69) is 54.2 Å². The number of nitrogens with one attached hydrogen (secondary N) is 1. The number of rotatable bonds is 13. The summed E-state index contributed by atoms with van der Waals surface area (Å²) in [5, 5.41) is 18.8. The van der Waals surface area contributed by atoms with Crippen LogP contribution in [0.25, 0.3) is 0 Å². The zero-order valence-corrected chi connectivity index (χ0v) is 20.5. The number of aliphatic hydroxyl groups is 2. The third-order valence-corrected chi connectivity index (χ3v) is 4.90. The molecule has 7 heteroatoms. The molecule has 2 rings (SSSR count). The summed E-state index contributed by atoms with van der Waals surface area (Å²) in [6.45, 7) is 5.58. The summed E-state index contributed by atoms with van der Waals surface area (Å²) in [7, 11) is 3.12. The molecule has 2 atom stereocenters. The van der Waals surface area contributed by atoms with Gasteiger partial charge in [0.2, 0.25) is 5.91 Å². The highest BCUT2D eigenvalue weighted by Gasteiger charge is 2.17. The molecule has 1 amide bonds. The van der Waals surface area contributed by atoms with Crippen LogP contribution in [0.5, 0.6) is 0 Å². The maximum absolute atomic E-state index is 11.8. The van der Waals surface area contributed by atoms with Gasteiger partial charge in [-0.15, -0.1) is 6.58 Å². The quantitative estimate of drug-likeness (QED) is 0.262. The van der Waals surface area contributed by atoms with E-state index in [1.807, 2.05) is 36.4 Å². The summed E-state index contributed by atoms with van der Waals surface area (Å²) in [5.41, 5.74) is 8.20. The fourth-order valence-corrected chi connectivity index (χ4v) is 3.02. The minimum Gasteiger partial charge on any atom is -0.400 e. The Morgan fingerprint density at radius 2 is 1.65 bits per heavy atom. The van der Waals surface area contributed by atoms with Crippen molar-refractivity contribution in [1.29, 1.82) is 0 Å². The van der Waals surface area contributed by atoms with Crippen molar-refractivity contribution >= 4 is 12.2 Å². The van der Waals surface area contributed by atoms with Crippen LogP contribution in [0.2, 0.25) is 0 Å². The lowest BCUT2D eigenvalue weighted by Crippen LogP contribution is -2.47. The number of hydrogen-bond donors (Lipinski definition) is 4. The fraction of sp³-hybridized carbons (Fsp3) is 0.407. The van der Waals surface area contributed by atoms with E-state index in [-0.39, 0.29) is 12.5 Å². The van der Waals surface area contributed by atoms with Crippen molar-refractivity contribution in [3.63, 3.8) is 0 Å². The molecule has 0 aliphatic rings. The largest absolute Gasteiger partial charge is 0.400 e. The molecule has 0 saturated carbocycles. The van der Waals surface area contributed by atoms with Crippen LogP contribution < -0.4 is 11.1 Å². The summed E-state index contributed by atoms with van der Waals surface area (Å²) in [4.78, 5) is 24.4. The Morgan fingerprint density at radius 3 is 2.15 bits per heavy atom. The van der Waals surface area contributed by atoms with Crippen LogP contribution in [0.4, 0.5) is 0 Å². The van der Waals surface area contributed by atoms with Crippen LogP contribution in [0.3, 0.4) is 0 Å². The third kappa shape index (κ3) is 15.1. The number of nitrogens with two attached hydrogens (primary N) is 1. The van der Waals surface area contributed by atoms with Crippen molar-refractivity contribution in [2.45, 2.75) is 37.8 Å². The first-order valence-electron chi connectivity index (χ1n) is 11.4. The molecule has 0 fully saturated rings. The molecule has 7 nitrogen and oxygen atoms in total. The number of aliphatic hydroxyl groups excluding tert-OH is 2. The number of aldehydes is 1. The van der Waals surface area contributed by atoms with Gasteiger partial charge in [-0.05, 0) is 37.4 Å². The van der Waals surface area contributed by atoms with Crippen molar-refractivity contribution in [3.05, 3.63) is 84.4 Å². The summed E-state index contributed by atoms with van der Waals surface area (Å²) >= 11 is 0. The number of likely N-dealkylation sites (N-methyl/N-ethyl adjacent to an activating group) is 1. The summed E-state index contributed by atoms with van der Waals surface area (Å²) < 4.78 is 0. The zero-order valence-electron chi connectivity index (χ0n) is 20.5. The normalized spacial score (nSPS) is 11.7. The second-order valence-corrected chi connectivity index (χ2v) is 7.71. The lowest BCUT2D eigenvalue weighted by molar-refractivity contribution is -0.123. The molecule has 0 spiro atoms. The van der Waals surface area contributed by atoms with Gasteiger partial charge in [0.05, 0.1) is 18.7 Å². The number of nitrogens with zero attached hydrogens (tertiary/aromatic N) is 1. The molecule has 2 aromatic carbocycles. The van der Waals surface area contributed by atoms with E-state index in [1.165, 1.54) is 5.56 Å². The maximum atomic E-state index is 11.8. The number of carbonyl (C=O) groups excluding carboxylic acids is 2. The van der Waals surface area contributed by atoms with E-state index in [0.29, 0.717) is 19.3 Å². The van der Waals surface area contributed by atoms with Crippen LogP contribution >= 0.6 is 0 Å². The minimum atomic E-state index is -0.660. The van der Waals surface area contributed by atoms with Crippen molar-refractivity contribution in [3.8, 4) is 0 Å². The Labute approximate surface area is 204 Å². The van der Waals surface area contributed by atoms with Crippen molar-refractivity contribution in [2.75, 3.05) is 33.9 Å². The van der Waals surface area contributed by atoms with E-state index in [0.717, 1.165) is 38.5 Å². The monoisotopic (exact) mass is 471 g/mol. The van der Waals surface area contributed by atoms with Crippen molar-refractivity contribution in [1.82, 2.24) is 10.2 Å². The maximum Gasteiger partial charge on any atom is 0.237 e. The van der Waals surface area contributed by atoms with Crippen LogP contribution in [0.1, 0.15) is 24.0 Å². The van der Waals surface area contributed by atoms with Gasteiger partial charge in [-0.3, -0.25) is 4.79 Å². The van der Waals surface area contributed by atoms with E-state index in [1.54, 1.807) is 0 Å².